The number of rotatable bonds is 11. The Morgan fingerprint density at radius 2 is 1.74 bits per heavy atom. The Morgan fingerprint density at radius 3 is 2.26 bits per heavy atom. The van der Waals surface area contributed by atoms with Crippen molar-refractivity contribution in [2.75, 3.05) is 32.8 Å². The quantitative estimate of drug-likeness (QED) is 0.296. The molecule has 1 aromatic carbocycles. The van der Waals surface area contributed by atoms with Crippen LogP contribution in [0.5, 0.6) is 5.75 Å². The maximum atomic E-state index is 14.0. The third-order valence-electron chi connectivity index (χ3n) is 7.70. The van der Waals surface area contributed by atoms with Crippen molar-refractivity contribution in [2.24, 2.45) is 5.73 Å². The van der Waals surface area contributed by atoms with E-state index in [2.05, 4.69) is 4.98 Å². The number of primary amides is 1. The fourth-order valence-corrected chi connectivity index (χ4v) is 5.24. The molecule has 14 heteroatoms. The Morgan fingerprint density at radius 1 is 1.07 bits per heavy atom. The molecule has 1 aromatic heterocycles. The Labute approximate surface area is 241 Å². The van der Waals surface area contributed by atoms with Gasteiger partial charge in [-0.2, -0.15) is 0 Å². The van der Waals surface area contributed by atoms with Gasteiger partial charge in [-0.25, -0.2) is 9.59 Å². The van der Waals surface area contributed by atoms with Gasteiger partial charge in [-0.1, -0.05) is 6.07 Å². The molecule has 2 aliphatic rings. The third-order valence-corrected chi connectivity index (χ3v) is 7.70. The number of carbonyl (C=O) groups is 5. The number of hydrogen-bond donors (Lipinski definition) is 4. The van der Waals surface area contributed by atoms with Gasteiger partial charge in [0, 0.05) is 38.0 Å². The SMILES string of the molecule is CCOC(=O)N1CCN(C(=O)C(CCC(=O)O)c2nc3cc(CO)ccc3c(OC3(C(=O)O)CCC3)c2C(N)=O)CC1. The standard InChI is InChI=1S/C28H34N4O10/c1-2-41-27(40)32-12-10-31(11-13-32)25(37)18(6-7-20(34)35)22-21(24(29)36)23(42-28(26(38)39)8-3-9-28)17-5-4-16(15-33)14-19(17)30-22/h4-5,14,18,33H,2-3,6-13,15H2,1H3,(H2,29,36)(H,34,35)(H,38,39). The van der Waals surface area contributed by atoms with Gasteiger partial charge in [0.15, 0.2) is 0 Å². The van der Waals surface area contributed by atoms with Crippen molar-refractivity contribution in [3.63, 3.8) is 0 Å². The number of aliphatic hydroxyl groups is 1. The molecule has 5 N–H and O–H groups in total. The molecule has 1 aliphatic heterocycles. The Bertz CT molecular complexity index is 1400. The van der Waals surface area contributed by atoms with Gasteiger partial charge in [-0.05, 0) is 50.3 Å². The van der Waals surface area contributed by atoms with Gasteiger partial charge in [0.05, 0.1) is 30.3 Å². The van der Waals surface area contributed by atoms with Crippen LogP contribution in [0.15, 0.2) is 18.2 Å². The van der Waals surface area contributed by atoms with E-state index in [1.807, 2.05) is 0 Å². The number of carbonyl (C=O) groups excluding carboxylic acids is 3. The maximum absolute atomic E-state index is 14.0. The topological polar surface area (TPSA) is 210 Å². The fraction of sp³-hybridized carbons (Fsp3) is 0.500. The van der Waals surface area contributed by atoms with E-state index >= 15 is 0 Å². The van der Waals surface area contributed by atoms with Gasteiger partial charge in [0.2, 0.25) is 11.5 Å². The summed E-state index contributed by atoms with van der Waals surface area (Å²) in [6.07, 6.45) is -0.248. The molecule has 2 aromatic rings. The van der Waals surface area contributed by atoms with E-state index in [9.17, 15) is 39.3 Å². The number of pyridine rings is 1. The number of aliphatic carboxylic acids is 2. The highest BCUT2D eigenvalue weighted by molar-refractivity contribution is 6.05. The number of piperazine rings is 1. The van der Waals surface area contributed by atoms with Gasteiger partial charge in [-0.3, -0.25) is 19.4 Å². The van der Waals surface area contributed by atoms with Crippen LogP contribution in [0.4, 0.5) is 4.79 Å². The number of nitrogens with zero attached hydrogens (tertiary/aromatic N) is 3. The average molecular weight is 587 g/mol. The Balaban J connectivity index is 1.83. The van der Waals surface area contributed by atoms with Crippen molar-refractivity contribution in [3.05, 3.63) is 35.0 Å². The van der Waals surface area contributed by atoms with Crippen LogP contribution in [0.2, 0.25) is 0 Å². The first kappa shape index (κ1) is 30.5. The zero-order chi connectivity index (χ0) is 30.6. The van der Waals surface area contributed by atoms with Crippen molar-refractivity contribution in [3.8, 4) is 5.75 Å². The van der Waals surface area contributed by atoms with E-state index in [1.165, 1.54) is 21.9 Å². The summed E-state index contributed by atoms with van der Waals surface area (Å²) >= 11 is 0. The van der Waals surface area contributed by atoms with Crippen LogP contribution in [0, 0.1) is 0 Å². The van der Waals surface area contributed by atoms with Gasteiger partial charge < -0.3 is 40.3 Å². The van der Waals surface area contributed by atoms with Crippen LogP contribution < -0.4 is 10.5 Å². The third kappa shape index (κ3) is 6.08. The summed E-state index contributed by atoms with van der Waals surface area (Å²) in [5, 5.41) is 29.4. The van der Waals surface area contributed by atoms with E-state index in [4.69, 9.17) is 15.2 Å². The summed E-state index contributed by atoms with van der Waals surface area (Å²) in [6, 6.07) is 4.60. The van der Waals surface area contributed by atoms with Gasteiger partial charge in [0.1, 0.15) is 11.3 Å². The highest BCUT2D eigenvalue weighted by Gasteiger charge is 2.48. The second kappa shape index (κ2) is 12.6. The molecule has 1 saturated heterocycles. The van der Waals surface area contributed by atoms with Crippen LogP contribution in [0.1, 0.15) is 66.6 Å². The minimum Gasteiger partial charge on any atom is -0.481 e. The number of ether oxygens (including phenoxy) is 2. The molecule has 1 aliphatic carbocycles. The number of benzene rings is 1. The van der Waals surface area contributed by atoms with Crippen LogP contribution in [-0.2, 0) is 25.7 Å². The Kier molecular flexibility index (Phi) is 9.14. The van der Waals surface area contributed by atoms with Crippen molar-refractivity contribution >= 4 is 40.7 Å². The van der Waals surface area contributed by atoms with Crippen LogP contribution in [-0.4, -0.2) is 98.3 Å². The summed E-state index contributed by atoms with van der Waals surface area (Å²) in [5.74, 6) is -5.38. The number of fused-ring (bicyclic) bond motifs is 1. The molecule has 4 rings (SSSR count). The molecule has 226 valence electrons. The summed E-state index contributed by atoms with van der Waals surface area (Å²) < 4.78 is 11.1. The van der Waals surface area contributed by atoms with Crippen molar-refractivity contribution in [2.45, 2.75) is 57.2 Å². The molecule has 0 bridgehead atoms. The predicted octanol–water partition coefficient (Wildman–Crippen LogP) is 1.46. The molecule has 1 atom stereocenters. The summed E-state index contributed by atoms with van der Waals surface area (Å²) in [7, 11) is 0. The largest absolute Gasteiger partial charge is 0.481 e. The molecule has 1 unspecified atom stereocenters. The van der Waals surface area contributed by atoms with E-state index in [0.29, 0.717) is 12.0 Å². The smallest absolute Gasteiger partial charge is 0.409 e. The highest BCUT2D eigenvalue weighted by Crippen LogP contribution is 2.43. The lowest BCUT2D eigenvalue weighted by molar-refractivity contribution is -0.163. The number of nitrogens with two attached hydrogens (primary N) is 1. The number of carboxylic acid groups (broad SMARTS) is 2. The average Bonchev–Trinajstić information content (AvgIpc) is 2.93. The van der Waals surface area contributed by atoms with Gasteiger partial charge in [-0.15, -0.1) is 0 Å². The molecule has 0 spiro atoms. The second-order valence-electron chi connectivity index (χ2n) is 10.3. The van der Waals surface area contributed by atoms with E-state index in [0.717, 1.165) is 0 Å². The monoisotopic (exact) mass is 586 g/mol. The van der Waals surface area contributed by atoms with Gasteiger partial charge in [0.25, 0.3) is 5.91 Å². The zero-order valence-electron chi connectivity index (χ0n) is 23.2. The molecular formula is C28H34N4O10. The van der Waals surface area contributed by atoms with Crippen LogP contribution >= 0.6 is 0 Å². The first-order chi connectivity index (χ1) is 20.0. The number of amides is 3. The highest BCUT2D eigenvalue weighted by atomic mass is 16.6. The van der Waals surface area contributed by atoms with Crippen molar-refractivity contribution < 1.29 is 48.8 Å². The maximum Gasteiger partial charge on any atom is 0.409 e. The lowest BCUT2D eigenvalue weighted by Crippen LogP contribution is -2.52. The second-order valence-corrected chi connectivity index (χ2v) is 10.3. The van der Waals surface area contributed by atoms with E-state index in [-0.39, 0.29) is 86.6 Å². The number of aromatic nitrogens is 1. The molecule has 2 heterocycles. The first-order valence-corrected chi connectivity index (χ1v) is 13.7. The Hall–Kier alpha value is -4.46. The number of carboxylic acids is 2. The summed E-state index contributed by atoms with van der Waals surface area (Å²) in [4.78, 5) is 70.4. The van der Waals surface area contributed by atoms with Crippen molar-refractivity contribution in [1.29, 1.82) is 0 Å². The van der Waals surface area contributed by atoms with Gasteiger partial charge >= 0.3 is 18.0 Å². The molecule has 3 amide bonds. The molecule has 14 nitrogen and oxygen atoms in total. The predicted molar refractivity (Wildman–Crippen MR) is 146 cm³/mol. The van der Waals surface area contributed by atoms with E-state index < -0.39 is 47.8 Å². The summed E-state index contributed by atoms with van der Waals surface area (Å²) in [6.45, 7) is 2.15. The fourth-order valence-electron chi connectivity index (χ4n) is 5.24. The van der Waals surface area contributed by atoms with Crippen molar-refractivity contribution in [1.82, 2.24) is 14.8 Å². The lowest BCUT2D eigenvalue weighted by Gasteiger charge is -2.39. The van der Waals surface area contributed by atoms with Crippen LogP contribution in [0.25, 0.3) is 10.9 Å². The molecule has 42 heavy (non-hydrogen) atoms. The zero-order valence-corrected chi connectivity index (χ0v) is 23.2. The first-order valence-electron chi connectivity index (χ1n) is 13.7. The minimum absolute atomic E-state index is 0.126. The molecule has 0 radical (unpaired) electrons. The molecular weight excluding hydrogens is 552 g/mol. The number of hydrogen-bond acceptors (Lipinski definition) is 9. The normalized spacial score (nSPS) is 16.8. The molecule has 2 fully saturated rings. The lowest BCUT2D eigenvalue weighted by atomic mass is 9.80. The number of aliphatic hydroxyl groups excluding tert-OH is 1. The van der Waals surface area contributed by atoms with E-state index in [1.54, 1.807) is 13.0 Å². The molecule has 1 saturated carbocycles. The van der Waals surface area contributed by atoms with Crippen LogP contribution in [0.3, 0.4) is 0 Å². The summed E-state index contributed by atoms with van der Waals surface area (Å²) in [5.41, 5.74) is 4.43. The minimum atomic E-state index is -1.62.